The molecule has 0 radical (unpaired) electrons. The van der Waals surface area contributed by atoms with E-state index in [4.69, 9.17) is 4.74 Å². The van der Waals surface area contributed by atoms with E-state index < -0.39 is 0 Å². The largest absolute Gasteiger partial charge is 0.496 e. The summed E-state index contributed by atoms with van der Waals surface area (Å²) in [4.78, 5) is 20.2. The summed E-state index contributed by atoms with van der Waals surface area (Å²) >= 11 is 1.68. The number of para-hydroxylation sites is 1. The molecule has 2 aromatic carbocycles. The van der Waals surface area contributed by atoms with Crippen molar-refractivity contribution in [3.63, 3.8) is 0 Å². The normalized spacial score (nSPS) is 15.6. The molecule has 2 heterocycles. The van der Waals surface area contributed by atoms with Gasteiger partial charge in [0.25, 0.3) is 5.56 Å². The Labute approximate surface area is 191 Å². The maximum atomic E-state index is 13.3. The number of nitrogens with zero attached hydrogens (tertiary/aromatic N) is 2. The van der Waals surface area contributed by atoms with E-state index in [1.807, 2.05) is 24.3 Å². The summed E-state index contributed by atoms with van der Waals surface area (Å²) in [7, 11) is 1.66. The molecule has 0 saturated heterocycles. The van der Waals surface area contributed by atoms with Gasteiger partial charge < -0.3 is 10.1 Å². The van der Waals surface area contributed by atoms with Gasteiger partial charge in [0.1, 0.15) is 10.6 Å². The van der Waals surface area contributed by atoms with Crippen molar-refractivity contribution >= 4 is 21.6 Å². The fourth-order valence-corrected chi connectivity index (χ4v) is 5.83. The molecule has 5 rings (SSSR count). The van der Waals surface area contributed by atoms with Gasteiger partial charge in [0.15, 0.2) is 0 Å². The lowest BCUT2D eigenvalue weighted by molar-refractivity contribution is 0.408. The number of benzene rings is 2. The number of hydrogen-bond donors (Lipinski definition) is 1. The Morgan fingerprint density at radius 2 is 1.97 bits per heavy atom. The third-order valence-corrected chi connectivity index (χ3v) is 7.42. The molecule has 0 amide bonds. The number of thiophene rings is 1. The monoisotopic (exact) mass is 445 g/mol. The van der Waals surface area contributed by atoms with Crippen LogP contribution in [0.3, 0.4) is 0 Å². The molecule has 1 N–H and O–H groups in total. The molecule has 0 bridgehead atoms. The van der Waals surface area contributed by atoms with Crippen molar-refractivity contribution in [2.75, 3.05) is 13.7 Å². The molecule has 0 unspecified atom stereocenters. The molecule has 1 aliphatic carbocycles. The molecule has 164 valence electrons. The van der Waals surface area contributed by atoms with Crippen molar-refractivity contribution in [3.8, 4) is 5.75 Å². The number of hydrogen-bond acceptors (Lipinski definition) is 5. The zero-order valence-corrected chi connectivity index (χ0v) is 19.0. The lowest BCUT2D eigenvalue weighted by Gasteiger charge is -2.23. The van der Waals surface area contributed by atoms with Gasteiger partial charge in [0.05, 0.1) is 25.4 Å². The zero-order valence-electron chi connectivity index (χ0n) is 18.2. The molecule has 0 fully saturated rings. The highest BCUT2D eigenvalue weighted by Gasteiger charge is 2.25. The quantitative estimate of drug-likeness (QED) is 0.463. The summed E-state index contributed by atoms with van der Waals surface area (Å²) in [5.41, 5.74) is 3.59. The summed E-state index contributed by atoms with van der Waals surface area (Å²) in [6, 6.07) is 18.9. The second kappa shape index (κ2) is 9.27. The molecule has 6 heteroatoms. The minimum absolute atomic E-state index is 0.0499. The summed E-state index contributed by atoms with van der Waals surface area (Å²) in [6.07, 6.45) is 5.65. The molecular weight excluding hydrogens is 418 g/mol. The van der Waals surface area contributed by atoms with Gasteiger partial charge in [0.2, 0.25) is 0 Å². The lowest BCUT2D eigenvalue weighted by atomic mass is 9.93. The van der Waals surface area contributed by atoms with Crippen LogP contribution in [-0.4, -0.2) is 29.2 Å². The van der Waals surface area contributed by atoms with Gasteiger partial charge in [0, 0.05) is 16.5 Å². The van der Waals surface area contributed by atoms with Gasteiger partial charge in [-0.2, -0.15) is 0 Å². The number of fused-ring (bicyclic) bond motifs is 3. The molecule has 0 aliphatic heterocycles. The van der Waals surface area contributed by atoms with Crippen LogP contribution in [0.4, 0.5) is 0 Å². The van der Waals surface area contributed by atoms with Crippen LogP contribution in [0.25, 0.3) is 10.2 Å². The van der Waals surface area contributed by atoms with Crippen LogP contribution in [0.1, 0.15) is 28.0 Å². The first kappa shape index (κ1) is 20.9. The van der Waals surface area contributed by atoms with E-state index in [2.05, 4.69) is 40.6 Å². The van der Waals surface area contributed by atoms with Crippen molar-refractivity contribution in [1.29, 1.82) is 0 Å². The van der Waals surface area contributed by atoms with Crippen LogP contribution in [0.2, 0.25) is 0 Å². The highest BCUT2D eigenvalue weighted by atomic mass is 32.1. The van der Waals surface area contributed by atoms with E-state index in [0.29, 0.717) is 12.6 Å². The van der Waals surface area contributed by atoms with Crippen LogP contribution in [0, 0.1) is 0 Å². The van der Waals surface area contributed by atoms with Gasteiger partial charge in [-0.1, -0.05) is 48.5 Å². The van der Waals surface area contributed by atoms with E-state index in [1.165, 1.54) is 16.0 Å². The smallest absolute Gasteiger partial charge is 0.262 e. The van der Waals surface area contributed by atoms with E-state index in [-0.39, 0.29) is 5.56 Å². The number of methoxy groups -OCH3 is 1. The van der Waals surface area contributed by atoms with Crippen molar-refractivity contribution in [2.24, 2.45) is 0 Å². The third-order valence-electron chi connectivity index (χ3n) is 6.26. The highest BCUT2D eigenvalue weighted by molar-refractivity contribution is 7.18. The number of aromatic nitrogens is 2. The lowest BCUT2D eigenvalue weighted by Crippen LogP contribution is -2.35. The summed E-state index contributed by atoms with van der Waals surface area (Å²) in [5, 5.41) is 4.53. The van der Waals surface area contributed by atoms with Crippen LogP contribution in [0.5, 0.6) is 5.75 Å². The van der Waals surface area contributed by atoms with E-state index >= 15 is 0 Å². The SMILES string of the molecule is COc1ccccc1Cn1cnc2sc3c(c2c1=O)CC[C@@H](NCCc1ccccc1)C3. The van der Waals surface area contributed by atoms with E-state index in [0.717, 1.165) is 53.8 Å². The molecule has 32 heavy (non-hydrogen) atoms. The molecule has 2 aromatic heterocycles. The molecule has 1 atom stereocenters. The Morgan fingerprint density at radius 3 is 2.81 bits per heavy atom. The standard InChI is InChI=1S/C26H27N3O2S/c1-31-22-10-6-5-9-19(22)16-29-17-28-25-24(26(29)30)21-12-11-20(15-23(21)32-25)27-14-13-18-7-3-2-4-8-18/h2-10,17,20,27H,11-16H2,1H3/t20-/m1/s1. The minimum atomic E-state index is 0.0499. The summed E-state index contributed by atoms with van der Waals surface area (Å²) in [6.45, 7) is 1.43. The number of nitrogens with one attached hydrogen (secondary N) is 1. The predicted molar refractivity (Wildman–Crippen MR) is 130 cm³/mol. The van der Waals surface area contributed by atoms with Gasteiger partial charge >= 0.3 is 0 Å². The fourth-order valence-electron chi connectivity index (χ4n) is 4.57. The first-order chi connectivity index (χ1) is 15.7. The predicted octanol–water partition coefficient (Wildman–Crippen LogP) is 4.20. The Bertz CT molecular complexity index is 1280. The topological polar surface area (TPSA) is 56.2 Å². The Hall–Kier alpha value is -2.96. The summed E-state index contributed by atoms with van der Waals surface area (Å²) < 4.78 is 7.16. The summed E-state index contributed by atoms with van der Waals surface area (Å²) in [5.74, 6) is 0.788. The first-order valence-corrected chi connectivity index (χ1v) is 11.9. The van der Waals surface area contributed by atoms with Crippen molar-refractivity contribution in [2.45, 2.75) is 38.3 Å². The van der Waals surface area contributed by atoms with E-state index in [1.54, 1.807) is 29.3 Å². The Kier molecular flexibility index (Phi) is 6.06. The fraction of sp³-hybridized carbons (Fsp3) is 0.308. The van der Waals surface area contributed by atoms with Gasteiger partial charge in [-0.3, -0.25) is 9.36 Å². The highest BCUT2D eigenvalue weighted by Crippen LogP contribution is 2.33. The number of ether oxygens (including phenoxy) is 1. The van der Waals surface area contributed by atoms with Crippen LogP contribution in [-0.2, 0) is 25.8 Å². The Balaban J connectivity index is 1.33. The molecule has 5 nitrogen and oxygen atoms in total. The Morgan fingerprint density at radius 1 is 1.16 bits per heavy atom. The average molecular weight is 446 g/mol. The maximum Gasteiger partial charge on any atom is 0.262 e. The molecular formula is C26H27N3O2S. The molecule has 0 saturated carbocycles. The van der Waals surface area contributed by atoms with Gasteiger partial charge in [-0.05, 0) is 49.4 Å². The maximum absolute atomic E-state index is 13.3. The third kappa shape index (κ3) is 4.20. The molecule has 1 aliphatic rings. The van der Waals surface area contributed by atoms with Gasteiger partial charge in [-0.25, -0.2) is 4.98 Å². The van der Waals surface area contributed by atoms with E-state index in [9.17, 15) is 4.79 Å². The van der Waals surface area contributed by atoms with Crippen LogP contribution in [0.15, 0.2) is 65.7 Å². The van der Waals surface area contributed by atoms with Crippen LogP contribution < -0.4 is 15.6 Å². The van der Waals surface area contributed by atoms with Crippen molar-refractivity contribution in [3.05, 3.63) is 92.8 Å². The minimum Gasteiger partial charge on any atom is -0.496 e. The second-order valence-corrected chi connectivity index (χ2v) is 9.39. The molecule has 0 spiro atoms. The number of aryl methyl sites for hydroxylation is 1. The van der Waals surface area contributed by atoms with Gasteiger partial charge in [-0.15, -0.1) is 11.3 Å². The molecule has 4 aromatic rings. The second-order valence-electron chi connectivity index (χ2n) is 8.30. The average Bonchev–Trinajstić information content (AvgIpc) is 3.20. The first-order valence-electron chi connectivity index (χ1n) is 11.1. The number of rotatable bonds is 7. The zero-order chi connectivity index (χ0) is 21.9. The van der Waals surface area contributed by atoms with Crippen molar-refractivity contribution < 1.29 is 4.74 Å². The van der Waals surface area contributed by atoms with Crippen molar-refractivity contribution in [1.82, 2.24) is 14.9 Å². The van der Waals surface area contributed by atoms with Crippen LogP contribution >= 0.6 is 11.3 Å².